The van der Waals surface area contributed by atoms with Crippen LogP contribution in [0, 0.1) is 23.1 Å². The molecule has 1 unspecified atom stereocenters. The minimum absolute atomic E-state index is 0.219. The van der Waals surface area contributed by atoms with Crippen molar-refractivity contribution in [1.29, 1.82) is 5.26 Å². The second kappa shape index (κ2) is 14.2. The number of imide groups is 1. The summed E-state index contributed by atoms with van der Waals surface area (Å²) in [6, 6.07) is 8.06. The van der Waals surface area contributed by atoms with Crippen LogP contribution in [0.5, 0.6) is 5.75 Å². The summed E-state index contributed by atoms with van der Waals surface area (Å²) in [5.41, 5.74) is 4.21. The van der Waals surface area contributed by atoms with Crippen LogP contribution in [0.1, 0.15) is 50.1 Å². The number of aromatic nitrogens is 6. The Morgan fingerprint density at radius 2 is 1.74 bits per heavy atom. The number of benzene rings is 1. The highest BCUT2D eigenvalue weighted by Crippen LogP contribution is 2.36. The second-order valence-corrected chi connectivity index (χ2v) is 13.7. The van der Waals surface area contributed by atoms with Crippen molar-refractivity contribution in [3.05, 3.63) is 72.6 Å². The number of halogens is 2. The molecule has 2 amide bonds. The number of carbonyl (C=O) groups is 2. The van der Waals surface area contributed by atoms with Crippen LogP contribution in [0.25, 0.3) is 28.0 Å². The summed E-state index contributed by atoms with van der Waals surface area (Å²) in [7, 11) is 1.51. The van der Waals surface area contributed by atoms with Crippen LogP contribution in [0.15, 0.2) is 55.2 Å². The third-order valence-corrected chi connectivity index (χ3v) is 10.6. The van der Waals surface area contributed by atoms with Crippen molar-refractivity contribution >= 4 is 28.7 Å². The topological polar surface area (TPSA) is 159 Å². The number of nitrogens with zero attached hydrogens (tertiary/aromatic N) is 9. The van der Waals surface area contributed by atoms with Gasteiger partial charge in [0.25, 0.3) is 0 Å². The zero-order valence-electron chi connectivity index (χ0n) is 29.0. The smallest absolute Gasteiger partial charge is 0.249 e. The fourth-order valence-electron chi connectivity index (χ4n) is 7.72. The maximum absolute atomic E-state index is 15.5. The molecule has 2 aliphatic heterocycles. The van der Waals surface area contributed by atoms with E-state index in [0.717, 1.165) is 44.3 Å². The number of piperazine rings is 1. The number of pyridine rings is 1. The minimum atomic E-state index is -0.643. The van der Waals surface area contributed by atoms with E-state index in [4.69, 9.17) is 14.8 Å². The van der Waals surface area contributed by atoms with Crippen LogP contribution in [0.2, 0.25) is 0 Å². The zero-order valence-corrected chi connectivity index (χ0v) is 29.0. The van der Waals surface area contributed by atoms with E-state index in [-0.39, 0.29) is 18.4 Å². The molecule has 8 rings (SSSR count). The molecule has 14 nitrogen and oxygen atoms in total. The minimum Gasteiger partial charge on any atom is -0.495 e. The normalized spacial score (nSPS) is 21.0. The van der Waals surface area contributed by atoms with Gasteiger partial charge in [0, 0.05) is 74.3 Å². The molecular weight excluding hydrogens is 684 g/mol. The van der Waals surface area contributed by atoms with Crippen molar-refractivity contribution in [3.8, 4) is 34.3 Å². The first-order chi connectivity index (χ1) is 25.8. The summed E-state index contributed by atoms with van der Waals surface area (Å²) in [6.07, 6.45) is 12.9. The van der Waals surface area contributed by atoms with Crippen LogP contribution >= 0.6 is 0 Å². The van der Waals surface area contributed by atoms with Crippen LogP contribution in [-0.2, 0) is 9.59 Å². The number of amides is 2. The number of ether oxygens (including phenoxy) is 1. The van der Waals surface area contributed by atoms with E-state index in [9.17, 15) is 19.2 Å². The molecule has 53 heavy (non-hydrogen) atoms. The third kappa shape index (κ3) is 6.75. The van der Waals surface area contributed by atoms with Gasteiger partial charge in [-0.1, -0.05) is 0 Å². The number of fused-ring (bicyclic) bond motifs is 1. The lowest BCUT2D eigenvalue weighted by Crippen LogP contribution is -2.51. The van der Waals surface area contributed by atoms with E-state index >= 15 is 4.39 Å². The van der Waals surface area contributed by atoms with Gasteiger partial charge in [0.1, 0.15) is 34.8 Å². The Morgan fingerprint density at radius 3 is 2.45 bits per heavy atom. The lowest BCUT2D eigenvalue weighted by molar-refractivity contribution is -0.133. The van der Waals surface area contributed by atoms with E-state index in [1.54, 1.807) is 29.0 Å². The van der Waals surface area contributed by atoms with Crippen molar-refractivity contribution in [2.45, 2.75) is 56.7 Å². The lowest BCUT2D eigenvalue weighted by Gasteiger charge is -2.42. The van der Waals surface area contributed by atoms with Crippen molar-refractivity contribution in [2.75, 3.05) is 43.5 Å². The van der Waals surface area contributed by atoms with Gasteiger partial charge in [-0.15, -0.1) is 0 Å². The average Bonchev–Trinajstić information content (AvgIpc) is 3.84. The molecule has 16 heteroatoms. The maximum atomic E-state index is 15.5. The Hall–Kier alpha value is -5.95. The van der Waals surface area contributed by atoms with Crippen LogP contribution in [0.4, 0.5) is 20.2 Å². The van der Waals surface area contributed by atoms with Crippen LogP contribution < -0.4 is 20.3 Å². The first-order valence-electron chi connectivity index (χ1n) is 17.7. The van der Waals surface area contributed by atoms with Gasteiger partial charge in [0.2, 0.25) is 17.8 Å². The molecule has 1 aromatic carbocycles. The predicted molar refractivity (Wildman–Crippen MR) is 190 cm³/mol. The molecule has 1 aliphatic carbocycles. The van der Waals surface area contributed by atoms with E-state index in [1.807, 2.05) is 15.8 Å². The number of carbonyl (C=O) groups excluding carboxylic acids is 2. The van der Waals surface area contributed by atoms with Crippen molar-refractivity contribution in [1.82, 2.24) is 39.6 Å². The molecule has 0 radical (unpaired) electrons. The number of hydrogen-bond donors (Lipinski definition) is 2. The number of nitriles is 1. The molecule has 0 bridgehead atoms. The summed E-state index contributed by atoms with van der Waals surface area (Å²) in [5, 5.41) is 24.1. The maximum Gasteiger partial charge on any atom is 0.249 e. The molecule has 5 aromatic rings. The molecule has 1 atom stereocenters. The highest BCUT2D eigenvalue weighted by atomic mass is 19.1. The largest absolute Gasteiger partial charge is 0.495 e. The van der Waals surface area contributed by atoms with Gasteiger partial charge in [0.15, 0.2) is 0 Å². The molecular formula is C37H37F2N11O3. The van der Waals surface area contributed by atoms with Gasteiger partial charge in [-0.3, -0.25) is 24.5 Å². The third-order valence-electron chi connectivity index (χ3n) is 10.6. The fourth-order valence-corrected chi connectivity index (χ4v) is 7.72. The standard InChI is InChI=1S/C37H37F2N11O3/c1-53-32-15-31(27(38)14-29(32)44-28-7-9-34(51)46-37(28)52)48-12-10-47(11-13-48)25-3-5-26(6-4-25)49-20-24(19-42-49)30-21-50-36(23(16-40)18-43-50)35(45-30)22-2-8-33(39)41-17-22/h2,8,14-15,17-21,25-26,28,44H,3-7,9-13H2,1H3,(H,46,51,52). The van der Waals surface area contributed by atoms with Gasteiger partial charge in [-0.25, -0.2) is 18.9 Å². The Labute approximate surface area is 303 Å². The van der Waals surface area contributed by atoms with E-state index in [1.165, 1.54) is 31.6 Å². The van der Waals surface area contributed by atoms with Crippen LogP contribution in [-0.4, -0.2) is 91.4 Å². The summed E-state index contributed by atoms with van der Waals surface area (Å²) in [6.45, 7) is 2.95. The second-order valence-electron chi connectivity index (χ2n) is 13.7. The van der Waals surface area contributed by atoms with E-state index in [0.29, 0.717) is 70.7 Å². The van der Waals surface area contributed by atoms with Gasteiger partial charge in [0.05, 0.1) is 54.5 Å². The Kier molecular flexibility index (Phi) is 9.17. The highest BCUT2D eigenvalue weighted by Gasteiger charge is 2.32. The van der Waals surface area contributed by atoms with Gasteiger partial charge in [-0.2, -0.15) is 19.8 Å². The molecule has 0 spiro atoms. The first kappa shape index (κ1) is 34.2. The molecule has 2 N–H and O–H groups in total. The fraction of sp³-hybridized carbons (Fsp3) is 0.378. The van der Waals surface area contributed by atoms with Gasteiger partial charge in [-0.05, 0) is 44.2 Å². The number of nitrogens with one attached hydrogen (secondary N) is 2. The molecule has 4 aromatic heterocycles. The van der Waals surface area contributed by atoms with Crippen molar-refractivity contribution in [2.24, 2.45) is 0 Å². The number of hydrogen-bond acceptors (Lipinski definition) is 11. The van der Waals surface area contributed by atoms with Gasteiger partial charge < -0.3 is 15.0 Å². The highest BCUT2D eigenvalue weighted by molar-refractivity contribution is 6.01. The molecule has 1 saturated carbocycles. The van der Waals surface area contributed by atoms with Crippen LogP contribution in [0.3, 0.4) is 0 Å². The van der Waals surface area contributed by atoms with Crippen molar-refractivity contribution in [3.63, 3.8) is 0 Å². The molecule has 3 aliphatic rings. The number of methoxy groups -OCH3 is 1. The first-order valence-corrected chi connectivity index (χ1v) is 17.7. The van der Waals surface area contributed by atoms with E-state index in [2.05, 4.69) is 31.7 Å². The zero-order chi connectivity index (χ0) is 36.6. The predicted octanol–water partition coefficient (Wildman–Crippen LogP) is 4.34. The summed E-state index contributed by atoms with van der Waals surface area (Å²) in [5.74, 6) is -1.31. The monoisotopic (exact) mass is 721 g/mol. The summed E-state index contributed by atoms with van der Waals surface area (Å²) < 4.78 is 38.3. The molecule has 272 valence electrons. The quantitative estimate of drug-likeness (QED) is 0.174. The number of anilines is 2. The summed E-state index contributed by atoms with van der Waals surface area (Å²) in [4.78, 5) is 37.0. The van der Waals surface area contributed by atoms with E-state index < -0.39 is 23.7 Å². The number of rotatable bonds is 8. The summed E-state index contributed by atoms with van der Waals surface area (Å²) >= 11 is 0. The molecule has 2 saturated heterocycles. The Balaban J connectivity index is 0.894. The van der Waals surface area contributed by atoms with Gasteiger partial charge >= 0.3 is 0 Å². The lowest BCUT2D eigenvalue weighted by atomic mass is 9.90. The number of piperidine rings is 1. The van der Waals surface area contributed by atoms with Crippen molar-refractivity contribution < 1.29 is 23.1 Å². The SMILES string of the molecule is COc1cc(N2CCN(C3CCC(n4cc(-c5cn6ncc(C#N)c6c(-c6ccc(F)nc6)n5)cn4)CC3)CC2)c(F)cc1NC1CCC(=O)NC1=O. The Bertz CT molecular complexity index is 2220. The Morgan fingerprint density at radius 1 is 0.943 bits per heavy atom. The molecule has 3 fully saturated rings. The molecule has 6 heterocycles. The average molecular weight is 722 g/mol.